The number of carbonyl (C=O) groups is 1. The molecule has 6 heteroatoms. The topological polar surface area (TPSA) is 66.5 Å². The Kier molecular flexibility index (Phi) is 5.00. The van der Waals surface area contributed by atoms with Gasteiger partial charge in [0.05, 0.1) is 24.1 Å². The van der Waals surface area contributed by atoms with E-state index in [0.717, 1.165) is 5.56 Å². The maximum absolute atomic E-state index is 12.1. The van der Waals surface area contributed by atoms with Crippen molar-refractivity contribution in [2.75, 3.05) is 25.1 Å². The van der Waals surface area contributed by atoms with Gasteiger partial charge >= 0.3 is 0 Å². The van der Waals surface area contributed by atoms with E-state index < -0.39 is 9.84 Å². The van der Waals surface area contributed by atoms with Crippen molar-refractivity contribution >= 4 is 15.7 Å². The van der Waals surface area contributed by atoms with Crippen molar-refractivity contribution in [1.29, 1.82) is 0 Å². The van der Waals surface area contributed by atoms with E-state index in [4.69, 9.17) is 0 Å². The molecule has 1 aliphatic rings. The normalized spacial score (nSPS) is 22.1. The molecule has 0 aromatic heterocycles. The van der Waals surface area contributed by atoms with Gasteiger partial charge in [0, 0.05) is 6.04 Å². The second-order valence-electron chi connectivity index (χ2n) is 5.67. The number of nitrogens with zero attached hydrogens (tertiary/aromatic N) is 1. The third kappa shape index (κ3) is 4.54. The lowest BCUT2D eigenvalue weighted by molar-refractivity contribution is -0.123. The minimum Gasteiger partial charge on any atom is -0.348 e. The fourth-order valence-electron chi connectivity index (χ4n) is 2.59. The smallest absolute Gasteiger partial charge is 0.234 e. The van der Waals surface area contributed by atoms with Gasteiger partial charge in [-0.3, -0.25) is 9.69 Å². The fraction of sp³-hybridized carbons (Fsp3) is 0.533. The maximum atomic E-state index is 12.1. The molecule has 116 valence electrons. The average molecular weight is 310 g/mol. The maximum Gasteiger partial charge on any atom is 0.234 e. The number of hydrogen-bond donors (Lipinski definition) is 1. The first-order chi connectivity index (χ1) is 9.87. The standard InChI is InChI=1S/C15H22N2O3S/c1-12(13-6-4-3-5-7-13)16-15(18)10-17(2)14-8-9-21(19,20)11-14/h3-7,12,14H,8-11H2,1-2H3,(H,16,18)/t12-,14-/m0/s1. The van der Waals surface area contributed by atoms with Crippen LogP contribution in [-0.4, -0.2) is 50.4 Å². The minimum atomic E-state index is -2.92. The molecule has 5 nitrogen and oxygen atoms in total. The van der Waals surface area contributed by atoms with Gasteiger partial charge in [-0.15, -0.1) is 0 Å². The summed E-state index contributed by atoms with van der Waals surface area (Å²) in [7, 11) is -1.11. The van der Waals surface area contributed by atoms with Crippen LogP contribution in [0, 0.1) is 0 Å². The summed E-state index contributed by atoms with van der Waals surface area (Å²) in [4.78, 5) is 13.9. The number of carbonyl (C=O) groups excluding carboxylic acids is 1. The first-order valence-corrected chi connectivity index (χ1v) is 8.94. The van der Waals surface area contributed by atoms with Crippen LogP contribution in [-0.2, 0) is 14.6 Å². The van der Waals surface area contributed by atoms with Gasteiger partial charge < -0.3 is 5.32 Å². The van der Waals surface area contributed by atoms with Gasteiger partial charge in [0.1, 0.15) is 0 Å². The zero-order valence-electron chi connectivity index (χ0n) is 12.5. The van der Waals surface area contributed by atoms with Crippen LogP contribution in [0.25, 0.3) is 0 Å². The van der Waals surface area contributed by atoms with Gasteiger partial charge in [0.2, 0.25) is 5.91 Å². The van der Waals surface area contributed by atoms with Crippen molar-refractivity contribution < 1.29 is 13.2 Å². The summed E-state index contributed by atoms with van der Waals surface area (Å²) in [6.07, 6.45) is 0.611. The van der Waals surface area contributed by atoms with Gasteiger partial charge in [-0.1, -0.05) is 30.3 Å². The molecule has 1 fully saturated rings. The number of likely N-dealkylation sites (N-methyl/N-ethyl adjacent to an activating group) is 1. The number of nitrogens with one attached hydrogen (secondary N) is 1. The molecular weight excluding hydrogens is 288 g/mol. The van der Waals surface area contributed by atoms with E-state index in [1.165, 1.54) is 0 Å². The zero-order valence-corrected chi connectivity index (χ0v) is 13.3. The Morgan fingerprint density at radius 3 is 2.62 bits per heavy atom. The van der Waals surface area contributed by atoms with Crippen molar-refractivity contribution in [3.8, 4) is 0 Å². The van der Waals surface area contributed by atoms with Gasteiger partial charge in [-0.2, -0.15) is 0 Å². The van der Waals surface area contributed by atoms with E-state index in [0.29, 0.717) is 6.42 Å². The molecule has 0 unspecified atom stereocenters. The minimum absolute atomic E-state index is 0.0484. The highest BCUT2D eigenvalue weighted by Crippen LogP contribution is 2.16. The molecule has 1 saturated heterocycles. The molecule has 0 aliphatic carbocycles. The molecule has 1 aromatic carbocycles. The van der Waals surface area contributed by atoms with E-state index in [1.54, 1.807) is 7.05 Å². The molecule has 0 radical (unpaired) electrons. The summed E-state index contributed by atoms with van der Waals surface area (Å²) in [5.74, 6) is 0.299. The Balaban J connectivity index is 1.84. The van der Waals surface area contributed by atoms with Crippen molar-refractivity contribution in [2.45, 2.75) is 25.4 Å². The second kappa shape index (κ2) is 6.58. The summed E-state index contributed by atoms with van der Waals surface area (Å²) in [5.41, 5.74) is 1.05. The Morgan fingerprint density at radius 2 is 2.05 bits per heavy atom. The molecule has 2 rings (SSSR count). The third-order valence-corrected chi connectivity index (χ3v) is 5.65. The lowest BCUT2D eigenvalue weighted by Gasteiger charge is -2.23. The molecule has 1 N–H and O–H groups in total. The van der Waals surface area contributed by atoms with E-state index >= 15 is 0 Å². The molecule has 1 aliphatic heterocycles. The first-order valence-electron chi connectivity index (χ1n) is 7.12. The SMILES string of the molecule is C[C@H](NC(=O)CN(C)[C@H]1CCS(=O)(=O)C1)c1ccccc1. The molecule has 21 heavy (non-hydrogen) atoms. The highest BCUT2D eigenvalue weighted by atomic mass is 32.2. The lowest BCUT2D eigenvalue weighted by atomic mass is 10.1. The van der Waals surface area contributed by atoms with Gasteiger partial charge in [0.15, 0.2) is 9.84 Å². The monoisotopic (exact) mass is 310 g/mol. The van der Waals surface area contributed by atoms with E-state index in [2.05, 4.69) is 5.32 Å². The van der Waals surface area contributed by atoms with E-state index in [9.17, 15) is 13.2 Å². The van der Waals surface area contributed by atoms with Crippen LogP contribution >= 0.6 is 0 Å². The highest BCUT2D eigenvalue weighted by Gasteiger charge is 2.31. The summed E-state index contributed by atoms with van der Waals surface area (Å²) >= 11 is 0. The molecule has 0 saturated carbocycles. The Morgan fingerprint density at radius 1 is 1.38 bits per heavy atom. The van der Waals surface area contributed by atoms with Crippen LogP contribution in [0.3, 0.4) is 0 Å². The first kappa shape index (κ1) is 16.0. The molecule has 0 bridgehead atoms. The number of rotatable bonds is 5. The Labute approximate surface area is 126 Å². The van der Waals surface area contributed by atoms with Crippen LogP contribution < -0.4 is 5.32 Å². The lowest BCUT2D eigenvalue weighted by Crippen LogP contribution is -2.41. The van der Waals surface area contributed by atoms with Crippen molar-refractivity contribution in [3.05, 3.63) is 35.9 Å². The fourth-order valence-corrected chi connectivity index (χ4v) is 4.40. The Hall–Kier alpha value is -1.40. The number of amides is 1. The molecule has 0 spiro atoms. The van der Waals surface area contributed by atoms with Crippen molar-refractivity contribution in [2.24, 2.45) is 0 Å². The molecule has 1 amide bonds. The number of hydrogen-bond acceptors (Lipinski definition) is 4. The molecule has 1 aromatic rings. The average Bonchev–Trinajstić information content (AvgIpc) is 2.80. The highest BCUT2D eigenvalue weighted by molar-refractivity contribution is 7.91. The van der Waals surface area contributed by atoms with Gasteiger partial charge in [-0.25, -0.2) is 8.42 Å². The predicted octanol–water partition coefficient (Wildman–Crippen LogP) is 0.983. The van der Waals surface area contributed by atoms with Gasteiger partial charge in [0.25, 0.3) is 0 Å². The Bertz CT molecular complexity index is 586. The molecule has 1 heterocycles. The summed E-state index contributed by atoms with van der Waals surface area (Å²) < 4.78 is 22.9. The van der Waals surface area contributed by atoms with E-state index in [-0.39, 0.29) is 36.0 Å². The second-order valence-corrected chi connectivity index (χ2v) is 7.90. The van der Waals surface area contributed by atoms with Crippen LogP contribution in [0.1, 0.15) is 24.9 Å². The van der Waals surface area contributed by atoms with Crippen molar-refractivity contribution in [1.82, 2.24) is 10.2 Å². The summed E-state index contributed by atoms with van der Waals surface area (Å²) in [5, 5.41) is 2.94. The molecular formula is C15H22N2O3S. The number of benzene rings is 1. The third-order valence-electron chi connectivity index (χ3n) is 3.90. The van der Waals surface area contributed by atoms with Crippen LogP contribution in [0.15, 0.2) is 30.3 Å². The van der Waals surface area contributed by atoms with Crippen LogP contribution in [0.2, 0.25) is 0 Å². The predicted molar refractivity (Wildman–Crippen MR) is 82.7 cm³/mol. The quantitative estimate of drug-likeness (QED) is 0.880. The zero-order chi connectivity index (χ0) is 15.5. The van der Waals surface area contributed by atoms with Crippen LogP contribution in [0.5, 0.6) is 0 Å². The van der Waals surface area contributed by atoms with Crippen molar-refractivity contribution in [3.63, 3.8) is 0 Å². The van der Waals surface area contributed by atoms with Gasteiger partial charge in [-0.05, 0) is 26.0 Å². The van der Waals surface area contributed by atoms with E-state index in [1.807, 2.05) is 42.2 Å². The largest absolute Gasteiger partial charge is 0.348 e. The summed E-state index contributed by atoms with van der Waals surface area (Å²) in [6.45, 7) is 2.16. The molecule has 2 atom stereocenters. The number of sulfone groups is 1. The summed E-state index contributed by atoms with van der Waals surface area (Å²) in [6, 6.07) is 9.65. The van der Waals surface area contributed by atoms with Crippen LogP contribution in [0.4, 0.5) is 0 Å².